The molecule has 2 N–H and O–H groups in total. The molecular formula is C11H17O3U2-. The van der Waals surface area contributed by atoms with Crippen molar-refractivity contribution in [3.63, 3.8) is 0 Å². The number of phenolic OH excluding ortho intramolecular Hbond substituents is 1. The number of hydrogen-bond donors (Lipinski definition) is 2. The molecule has 0 heterocycles. The predicted molar refractivity (Wildman–Crippen MR) is 56.3 cm³/mol. The van der Waals surface area contributed by atoms with Crippen LogP contribution in [0.4, 0.5) is 0 Å². The molecule has 0 fully saturated rings. The van der Waals surface area contributed by atoms with E-state index in [2.05, 4.69) is 0 Å². The van der Waals surface area contributed by atoms with E-state index in [1.165, 1.54) is 0 Å². The van der Waals surface area contributed by atoms with E-state index >= 15 is 0 Å². The molecule has 0 amide bonds. The minimum Gasteiger partial charge on any atom is -0.508 e. The zero-order valence-corrected chi connectivity index (χ0v) is 17.9. The molecular weight excluding hydrogens is 656 g/mol. The van der Waals surface area contributed by atoms with Gasteiger partial charge in [0.15, 0.2) is 0 Å². The van der Waals surface area contributed by atoms with Crippen molar-refractivity contribution < 1.29 is 77.2 Å². The number of aliphatic hydroxyl groups excluding tert-OH is 1. The van der Waals surface area contributed by atoms with Crippen molar-refractivity contribution in [2.75, 3.05) is 6.61 Å². The van der Waals surface area contributed by atoms with E-state index in [1.54, 1.807) is 31.2 Å². The second-order valence-electron chi connectivity index (χ2n) is 2.98. The van der Waals surface area contributed by atoms with E-state index in [9.17, 15) is 0 Å². The van der Waals surface area contributed by atoms with Gasteiger partial charge in [0.2, 0.25) is 0 Å². The van der Waals surface area contributed by atoms with Crippen LogP contribution >= 0.6 is 0 Å². The minimum absolute atomic E-state index is 0. The molecule has 0 spiro atoms. The average Bonchev–Trinajstić information content (AvgIpc) is 2.08. The molecule has 0 aliphatic heterocycles. The van der Waals surface area contributed by atoms with Crippen LogP contribution in [0.25, 0.3) is 0 Å². The van der Waals surface area contributed by atoms with E-state index in [-0.39, 0.29) is 81.5 Å². The first kappa shape index (κ1) is 22.1. The summed E-state index contributed by atoms with van der Waals surface area (Å²) >= 11 is 0. The van der Waals surface area contributed by atoms with Crippen LogP contribution in [0.3, 0.4) is 0 Å². The fraction of sp³-hybridized carbons (Fsp3) is 0.364. The molecule has 1 aromatic carbocycles. The normalized spacial score (nSPS) is 10.1. The van der Waals surface area contributed by atoms with Crippen LogP contribution in [0, 0.1) is 69.7 Å². The summed E-state index contributed by atoms with van der Waals surface area (Å²) in [6.45, 7) is 2.21. The molecule has 0 radical (unpaired) electrons. The Balaban J connectivity index is -0.000000563. The standard InChI is InChI=1S/C10H14O3.CH3.2U/c1-8(11)6-7-13-10-4-2-9(12)3-5-10;;;/h2-5,8,11-12H,6-7H2,1H3;1H3;;/q;-1;;. The van der Waals surface area contributed by atoms with Gasteiger partial charge in [0.1, 0.15) is 11.5 Å². The van der Waals surface area contributed by atoms with Gasteiger partial charge in [-0.15, -0.1) is 0 Å². The fourth-order valence-electron chi connectivity index (χ4n) is 0.890. The zero-order chi connectivity index (χ0) is 9.68. The average molecular weight is 673 g/mol. The molecule has 0 bridgehead atoms. The number of aliphatic hydroxyl groups is 1. The summed E-state index contributed by atoms with van der Waals surface area (Å²) in [6.07, 6.45) is 0.276. The van der Waals surface area contributed by atoms with Gasteiger partial charge < -0.3 is 22.4 Å². The van der Waals surface area contributed by atoms with E-state index in [4.69, 9.17) is 14.9 Å². The molecule has 5 heteroatoms. The summed E-state index contributed by atoms with van der Waals surface area (Å²) in [5, 5.41) is 17.9. The minimum atomic E-state index is -0.336. The monoisotopic (exact) mass is 673 g/mol. The molecule has 1 unspecified atom stereocenters. The predicted octanol–water partition coefficient (Wildman–Crippen LogP) is 1.99. The number of hydrogen-bond acceptors (Lipinski definition) is 3. The molecule has 0 aliphatic rings. The third-order valence-corrected chi connectivity index (χ3v) is 1.64. The van der Waals surface area contributed by atoms with Crippen LogP contribution < -0.4 is 4.74 Å². The molecule has 1 rings (SSSR count). The molecule has 1 atom stereocenters. The third-order valence-electron chi connectivity index (χ3n) is 1.64. The van der Waals surface area contributed by atoms with E-state index in [1.807, 2.05) is 0 Å². The van der Waals surface area contributed by atoms with Crippen LogP contribution in [-0.2, 0) is 0 Å². The second kappa shape index (κ2) is 12.3. The number of rotatable bonds is 4. The van der Waals surface area contributed by atoms with Crippen molar-refractivity contribution in [1.29, 1.82) is 0 Å². The van der Waals surface area contributed by atoms with Gasteiger partial charge in [0.25, 0.3) is 0 Å². The van der Waals surface area contributed by atoms with Gasteiger partial charge in [-0.25, -0.2) is 0 Å². The molecule has 0 aromatic heterocycles. The van der Waals surface area contributed by atoms with Crippen molar-refractivity contribution >= 4 is 0 Å². The molecule has 0 aliphatic carbocycles. The van der Waals surface area contributed by atoms with E-state index in [0.29, 0.717) is 18.8 Å². The maximum Gasteiger partial charge on any atom is 0.119 e. The third kappa shape index (κ3) is 10.1. The summed E-state index contributed by atoms with van der Waals surface area (Å²) in [7, 11) is 0. The van der Waals surface area contributed by atoms with Gasteiger partial charge in [-0.2, -0.15) is 0 Å². The zero-order valence-electron chi connectivity index (χ0n) is 9.60. The van der Waals surface area contributed by atoms with Crippen molar-refractivity contribution in [1.82, 2.24) is 0 Å². The Morgan fingerprint density at radius 1 is 1.19 bits per heavy atom. The summed E-state index contributed by atoms with van der Waals surface area (Å²) in [6, 6.07) is 6.52. The Kier molecular flexibility index (Phi) is 17.0. The largest absolute Gasteiger partial charge is 0.508 e. The summed E-state index contributed by atoms with van der Waals surface area (Å²) in [5.41, 5.74) is 0. The summed E-state index contributed by atoms with van der Waals surface area (Å²) < 4.78 is 5.30. The maximum absolute atomic E-state index is 8.97. The van der Waals surface area contributed by atoms with Gasteiger partial charge in [-0.05, 0) is 31.2 Å². The van der Waals surface area contributed by atoms with Crippen LogP contribution in [0.2, 0.25) is 0 Å². The number of phenols is 1. The van der Waals surface area contributed by atoms with Gasteiger partial charge in [-0.3, -0.25) is 0 Å². The molecule has 16 heavy (non-hydrogen) atoms. The second-order valence-corrected chi connectivity index (χ2v) is 2.98. The number of benzene rings is 1. The van der Waals surface area contributed by atoms with Crippen molar-refractivity contribution in [2.45, 2.75) is 19.4 Å². The first-order valence-electron chi connectivity index (χ1n) is 4.28. The first-order valence-corrected chi connectivity index (χ1v) is 4.28. The molecule has 0 saturated heterocycles. The van der Waals surface area contributed by atoms with Gasteiger partial charge in [0, 0.05) is 68.6 Å². The van der Waals surface area contributed by atoms with Gasteiger partial charge in [-0.1, -0.05) is 0 Å². The molecule has 88 valence electrons. The number of ether oxygens (including phenoxy) is 1. The molecule has 0 saturated carbocycles. The van der Waals surface area contributed by atoms with E-state index < -0.39 is 0 Å². The van der Waals surface area contributed by atoms with Gasteiger partial charge >= 0.3 is 0 Å². The first-order chi connectivity index (χ1) is 6.18. The molecule has 3 nitrogen and oxygen atoms in total. The van der Waals surface area contributed by atoms with Crippen LogP contribution in [-0.4, -0.2) is 22.9 Å². The van der Waals surface area contributed by atoms with Crippen LogP contribution in [0.1, 0.15) is 13.3 Å². The Morgan fingerprint density at radius 2 is 1.69 bits per heavy atom. The Labute approximate surface area is 145 Å². The topological polar surface area (TPSA) is 49.7 Å². The SMILES string of the molecule is CC(O)CCOc1ccc(O)cc1.[CH3-].[U].[U]. The molecule has 1 aromatic rings. The summed E-state index contributed by atoms with van der Waals surface area (Å²) in [5.74, 6) is 0.932. The van der Waals surface area contributed by atoms with Crippen molar-refractivity contribution in [3.8, 4) is 11.5 Å². The van der Waals surface area contributed by atoms with Crippen LogP contribution in [0.5, 0.6) is 11.5 Å². The van der Waals surface area contributed by atoms with E-state index in [0.717, 1.165) is 0 Å². The maximum atomic E-state index is 8.97. The van der Waals surface area contributed by atoms with Crippen LogP contribution in [0.15, 0.2) is 24.3 Å². The van der Waals surface area contributed by atoms with Crippen molar-refractivity contribution in [2.24, 2.45) is 0 Å². The number of aromatic hydroxyl groups is 1. The fourth-order valence-corrected chi connectivity index (χ4v) is 0.890. The Hall–Kier alpha value is 0.884. The van der Waals surface area contributed by atoms with Gasteiger partial charge in [0.05, 0.1) is 12.7 Å². The summed E-state index contributed by atoms with van der Waals surface area (Å²) in [4.78, 5) is 0. The smallest absolute Gasteiger partial charge is 0.119 e. The Morgan fingerprint density at radius 3 is 2.12 bits per heavy atom. The quantitative estimate of drug-likeness (QED) is 0.482. The Bertz CT molecular complexity index is 250. The van der Waals surface area contributed by atoms with Crippen molar-refractivity contribution in [3.05, 3.63) is 31.7 Å².